The summed E-state index contributed by atoms with van der Waals surface area (Å²) in [4.78, 5) is 16.1. The number of hydrogen-bond acceptors (Lipinski definition) is 3. The summed E-state index contributed by atoms with van der Waals surface area (Å²) >= 11 is 0. The average molecular weight is 257 g/mol. The van der Waals surface area contributed by atoms with E-state index in [0.29, 0.717) is 13.2 Å². The Labute approximate surface area is 110 Å². The second-order valence-corrected chi connectivity index (χ2v) is 4.76. The summed E-state index contributed by atoms with van der Waals surface area (Å²) in [7, 11) is 1.64. The molecule has 0 aromatic heterocycles. The van der Waals surface area contributed by atoms with Crippen molar-refractivity contribution in [2.45, 2.75) is 26.2 Å². The summed E-state index contributed by atoms with van der Waals surface area (Å²) in [5.74, 6) is 0. The monoisotopic (exact) mass is 257 g/mol. The van der Waals surface area contributed by atoms with E-state index in [1.54, 1.807) is 7.11 Å². The molecule has 1 fully saturated rings. The molecule has 5 heteroatoms. The van der Waals surface area contributed by atoms with Crippen LogP contribution in [0, 0.1) is 0 Å². The maximum absolute atomic E-state index is 11.8. The summed E-state index contributed by atoms with van der Waals surface area (Å²) in [6, 6.07) is 0.0419. The van der Waals surface area contributed by atoms with E-state index >= 15 is 0 Å². The van der Waals surface area contributed by atoms with E-state index in [9.17, 15) is 4.79 Å². The van der Waals surface area contributed by atoms with Crippen LogP contribution in [0.25, 0.3) is 0 Å². The maximum Gasteiger partial charge on any atom is 0.317 e. The van der Waals surface area contributed by atoms with Gasteiger partial charge in [-0.05, 0) is 13.0 Å². The lowest BCUT2D eigenvalue weighted by Crippen LogP contribution is -2.52. The van der Waals surface area contributed by atoms with Gasteiger partial charge in [-0.3, -0.25) is 4.90 Å². The molecule has 1 saturated heterocycles. The normalized spacial score (nSPS) is 16.9. The number of rotatable bonds is 7. The molecule has 0 aromatic rings. The van der Waals surface area contributed by atoms with Gasteiger partial charge < -0.3 is 15.0 Å². The number of methoxy groups -OCH3 is 1. The molecule has 1 aliphatic rings. The molecule has 0 unspecified atom stereocenters. The Morgan fingerprint density at radius 2 is 1.94 bits per heavy atom. The van der Waals surface area contributed by atoms with E-state index in [1.165, 1.54) is 25.8 Å². The molecule has 0 saturated carbocycles. The van der Waals surface area contributed by atoms with E-state index in [2.05, 4.69) is 17.1 Å². The molecule has 1 rings (SSSR count). The van der Waals surface area contributed by atoms with Crippen molar-refractivity contribution in [1.82, 2.24) is 15.1 Å². The van der Waals surface area contributed by atoms with Crippen LogP contribution in [0.2, 0.25) is 0 Å². The topological polar surface area (TPSA) is 44.8 Å². The van der Waals surface area contributed by atoms with E-state index < -0.39 is 0 Å². The molecule has 0 atom stereocenters. The standard InChI is InChI=1S/C13H27N3O2/c1-3-4-5-7-15-8-10-16(11-9-15)13(17)14-6-12-18-2/h3-12H2,1-2H3,(H,14,17). The molecule has 0 aliphatic carbocycles. The molecule has 0 bridgehead atoms. The first-order valence-corrected chi connectivity index (χ1v) is 7.02. The third-order valence-electron chi connectivity index (χ3n) is 3.32. The van der Waals surface area contributed by atoms with Gasteiger partial charge in [0.25, 0.3) is 0 Å². The van der Waals surface area contributed by atoms with Crippen molar-refractivity contribution in [3.8, 4) is 0 Å². The van der Waals surface area contributed by atoms with Gasteiger partial charge >= 0.3 is 6.03 Å². The first kappa shape index (κ1) is 15.2. The van der Waals surface area contributed by atoms with Gasteiger partial charge in [0.2, 0.25) is 0 Å². The van der Waals surface area contributed by atoms with E-state index in [4.69, 9.17) is 4.74 Å². The molecule has 1 heterocycles. The van der Waals surface area contributed by atoms with E-state index in [-0.39, 0.29) is 6.03 Å². The lowest BCUT2D eigenvalue weighted by atomic mass is 10.2. The number of nitrogens with one attached hydrogen (secondary N) is 1. The van der Waals surface area contributed by atoms with Crippen LogP contribution in [0.5, 0.6) is 0 Å². The number of carbonyl (C=O) groups is 1. The fourth-order valence-electron chi connectivity index (χ4n) is 2.13. The SMILES string of the molecule is CCCCCN1CCN(C(=O)NCCOC)CC1. The molecule has 5 nitrogen and oxygen atoms in total. The smallest absolute Gasteiger partial charge is 0.317 e. The van der Waals surface area contributed by atoms with Gasteiger partial charge in [0.1, 0.15) is 0 Å². The van der Waals surface area contributed by atoms with Crippen molar-refractivity contribution in [2.75, 3.05) is 53.0 Å². The van der Waals surface area contributed by atoms with Crippen molar-refractivity contribution < 1.29 is 9.53 Å². The third-order valence-corrected chi connectivity index (χ3v) is 3.32. The number of amides is 2. The Balaban J connectivity index is 2.12. The predicted octanol–water partition coefficient (Wildman–Crippen LogP) is 1.15. The van der Waals surface area contributed by atoms with Gasteiger partial charge in [0.05, 0.1) is 6.61 Å². The molecule has 106 valence electrons. The number of piperazine rings is 1. The van der Waals surface area contributed by atoms with Crippen LogP contribution >= 0.6 is 0 Å². The molecule has 1 aliphatic heterocycles. The zero-order valence-electron chi connectivity index (χ0n) is 11.8. The summed E-state index contributed by atoms with van der Waals surface area (Å²) in [5, 5.41) is 2.86. The van der Waals surface area contributed by atoms with Gasteiger partial charge in [-0.25, -0.2) is 4.79 Å². The number of carbonyl (C=O) groups excluding carboxylic acids is 1. The summed E-state index contributed by atoms with van der Waals surface area (Å²) in [5.41, 5.74) is 0. The van der Waals surface area contributed by atoms with Gasteiger partial charge in [-0.15, -0.1) is 0 Å². The molecule has 0 spiro atoms. The Morgan fingerprint density at radius 3 is 2.56 bits per heavy atom. The van der Waals surface area contributed by atoms with Gasteiger partial charge in [0.15, 0.2) is 0 Å². The van der Waals surface area contributed by atoms with Crippen molar-refractivity contribution >= 4 is 6.03 Å². The van der Waals surface area contributed by atoms with Crippen molar-refractivity contribution in [3.05, 3.63) is 0 Å². The molecular weight excluding hydrogens is 230 g/mol. The van der Waals surface area contributed by atoms with Gasteiger partial charge in [-0.1, -0.05) is 19.8 Å². The Morgan fingerprint density at radius 1 is 1.22 bits per heavy atom. The van der Waals surface area contributed by atoms with E-state index in [0.717, 1.165) is 26.2 Å². The van der Waals surface area contributed by atoms with Crippen LogP contribution in [0.4, 0.5) is 4.79 Å². The van der Waals surface area contributed by atoms with E-state index in [1.807, 2.05) is 4.90 Å². The van der Waals surface area contributed by atoms with Crippen LogP contribution in [-0.4, -0.2) is 68.8 Å². The zero-order valence-corrected chi connectivity index (χ0v) is 11.8. The molecule has 1 N–H and O–H groups in total. The van der Waals surface area contributed by atoms with Crippen molar-refractivity contribution in [2.24, 2.45) is 0 Å². The summed E-state index contributed by atoms with van der Waals surface area (Å²) in [6.07, 6.45) is 3.84. The van der Waals surface area contributed by atoms with Crippen LogP contribution in [-0.2, 0) is 4.74 Å². The largest absolute Gasteiger partial charge is 0.383 e. The van der Waals surface area contributed by atoms with Gasteiger partial charge in [-0.2, -0.15) is 0 Å². The second kappa shape index (κ2) is 9.16. The first-order valence-electron chi connectivity index (χ1n) is 7.02. The van der Waals surface area contributed by atoms with Crippen molar-refractivity contribution in [3.63, 3.8) is 0 Å². The summed E-state index contributed by atoms with van der Waals surface area (Å²) in [6.45, 7) is 8.24. The lowest BCUT2D eigenvalue weighted by molar-refractivity contribution is 0.134. The number of nitrogens with zero attached hydrogens (tertiary/aromatic N) is 2. The highest BCUT2D eigenvalue weighted by atomic mass is 16.5. The Kier molecular flexibility index (Phi) is 7.76. The number of urea groups is 1. The summed E-state index contributed by atoms with van der Waals surface area (Å²) < 4.78 is 4.91. The quantitative estimate of drug-likeness (QED) is 0.696. The molecule has 2 amide bonds. The third kappa shape index (κ3) is 5.69. The molecule has 0 aromatic carbocycles. The fraction of sp³-hybridized carbons (Fsp3) is 0.923. The number of ether oxygens (including phenoxy) is 1. The highest BCUT2D eigenvalue weighted by molar-refractivity contribution is 5.74. The number of unbranched alkanes of at least 4 members (excludes halogenated alkanes) is 2. The van der Waals surface area contributed by atoms with Gasteiger partial charge in [0, 0.05) is 39.8 Å². The van der Waals surface area contributed by atoms with Crippen LogP contribution < -0.4 is 5.32 Å². The highest BCUT2D eigenvalue weighted by Crippen LogP contribution is 2.04. The molecular formula is C13H27N3O2. The number of hydrogen-bond donors (Lipinski definition) is 1. The molecule has 18 heavy (non-hydrogen) atoms. The first-order chi connectivity index (χ1) is 8.77. The highest BCUT2D eigenvalue weighted by Gasteiger charge is 2.19. The predicted molar refractivity (Wildman–Crippen MR) is 72.8 cm³/mol. The zero-order chi connectivity index (χ0) is 13.2. The molecule has 0 radical (unpaired) electrons. The van der Waals surface area contributed by atoms with Crippen LogP contribution in [0.1, 0.15) is 26.2 Å². The average Bonchev–Trinajstić information content (AvgIpc) is 2.40. The minimum atomic E-state index is 0.0419. The van der Waals surface area contributed by atoms with Crippen LogP contribution in [0.15, 0.2) is 0 Å². The maximum atomic E-state index is 11.8. The minimum Gasteiger partial charge on any atom is -0.383 e. The minimum absolute atomic E-state index is 0.0419. The lowest BCUT2D eigenvalue weighted by Gasteiger charge is -2.34. The fourth-order valence-corrected chi connectivity index (χ4v) is 2.13. The Hall–Kier alpha value is -0.810. The van der Waals surface area contributed by atoms with Crippen LogP contribution in [0.3, 0.4) is 0 Å². The van der Waals surface area contributed by atoms with Crippen molar-refractivity contribution in [1.29, 1.82) is 0 Å². The Bertz CT molecular complexity index is 228. The second-order valence-electron chi connectivity index (χ2n) is 4.76.